The third-order valence-electron chi connectivity index (χ3n) is 2.35. The monoisotopic (exact) mass is 224 g/mol. The highest BCUT2D eigenvalue weighted by Crippen LogP contribution is 2.06. The maximum absolute atomic E-state index is 11.4. The summed E-state index contributed by atoms with van der Waals surface area (Å²) >= 11 is 0. The van der Waals surface area contributed by atoms with Gasteiger partial charge in [0.15, 0.2) is 5.69 Å². The Labute approximate surface area is 93.7 Å². The van der Waals surface area contributed by atoms with Gasteiger partial charge in [0.25, 0.3) is 5.56 Å². The van der Waals surface area contributed by atoms with Gasteiger partial charge in [-0.1, -0.05) is 20.3 Å². The Hall–Kier alpha value is -1.65. The van der Waals surface area contributed by atoms with E-state index in [9.17, 15) is 9.59 Å². The van der Waals surface area contributed by atoms with E-state index in [2.05, 4.69) is 12.0 Å². The van der Waals surface area contributed by atoms with E-state index in [1.54, 1.807) is 0 Å². The molecule has 0 spiro atoms. The summed E-state index contributed by atoms with van der Waals surface area (Å²) in [5.41, 5.74) is -0.351. The van der Waals surface area contributed by atoms with Crippen molar-refractivity contribution >= 4 is 5.97 Å². The number of rotatable bonds is 5. The van der Waals surface area contributed by atoms with Crippen LogP contribution >= 0.6 is 0 Å². The number of hydrogen-bond acceptors (Lipinski definition) is 3. The SMILES string of the molecule is CCCC(C)Cn1nc(C(=O)O)ccc1=O. The molecule has 1 aromatic heterocycles. The van der Waals surface area contributed by atoms with Gasteiger partial charge in [-0.15, -0.1) is 0 Å². The van der Waals surface area contributed by atoms with Crippen molar-refractivity contribution in [1.82, 2.24) is 9.78 Å². The number of carboxylic acids is 1. The van der Waals surface area contributed by atoms with E-state index < -0.39 is 5.97 Å². The van der Waals surface area contributed by atoms with Crippen molar-refractivity contribution < 1.29 is 9.90 Å². The first kappa shape index (κ1) is 12.4. The Balaban J connectivity index is 2.90. The molecule has 0 aliphatic rings. The van der Waals surface area contributed by atoms with Gasteiger partial charge in [-0.05, 0) is 18.4 Å². The highest BCUT2D eigenvalue weighted by Gasteiger charge is 2.09. The van der Waals surface area contributed by atoms with Crippen molar-refractivity contribution in [3.05, 3.63) is 28.2 Å². The van der Waals surface area contributed by atoms with E-state index in [1.165, 1.54) is 16.8 Å². The van der Waals surface area contributed by atoms with E-state index in [0.717, 1.165) is 12.8 Å². The first-order valence-corrected chi connectivity index (χ1v) is 5.36. The van der Waals surface area contributed by atoms with E-state index in [1.807, 2.05) is 6.92 Å². The maximum atomic E-state index is 11.4. The van der Waals surface area contributed by atoms with Crippen LogP contribution in [-0.4, -0.2) is 20.9 Å². The molecule has 0 amide bonds. The van der Waals surface area contributed by atoms with Gasteiger partial charge in [-0.3, -0.25) is 4.79 Å². The zero-order chi connectivity index (χ0) is 12.1. The molecule has 0 fully saturated rings. The normalized spacial score (nSPS) is 12.4. The lowest BCUT2D eigenvalue weighted by atomic mass is 10.1. The second-order valence-corrected chi connectivity index (χ2v) is 3.94. The minimum atomic E-state index is -1.11. The van der Waals surface area contributed by atoms with Crippen molar-refractivity contribution in [3.8, 4) is 0 Å². The maximum Gasteiger partial charge on any atom is 0.356 e. The minimum absolute atomic E-state index is 0.0942. The molecule has 5 heteroatoms. The fourth-order valence-electron chi connectivity index (χ4n) is 1.57. The Morgan fingerprint density at radius 1 is 1.56 bits per heavy atom. The Kier molecular flexibility index (Phi) is 4.22. The topological polar surface area (TPSA) is 72.2 Å². The minimum Gasteiger partial charge on any atom is -0.476 e. The lowest BCUT2D eigenvalue weighted by molar-refractivity contribution is 0.0687. The van der Waals surface area contributed by atoms with Crippen molar-refractivity contribution in [2.75, 3.05) is 0 Å². The van der Waals surface area contributed by atoms with Crippen molar-refractivity contribution in [2.45, 2.75) is 33.2 Å². The molecule has 5 nitrogen and oxygen atoms in total. The Morgan fingerprint density at radius 3 is 2.81 bits per heavy atom. The van der Waals surface area contributed by atoms with Gasteiger partial charge in [0.1, 0.15) is 0 Å². The molecule has 0 saturated heterocycles. The van der Waals surface area contributed by atoms with Crippen LogP contribution in [0.2, 0.25) is 0 Å². The molecule has 1 unspecified atom stereocenters. The van der Waals surface area contributed by atoms with E-state index in [0.29, 0.717) is 12.5 Å². The summed E-state index contributed by atoms with van der Waals surface area (Å²) in [7, 11) is 0. The van der Waals surface area contributed by atoms with Crippen molar-refractivity contribution in [2.24, 2.45) is 5.92 Å². The standard InChI is InChI=1S/C11H16N2O3/c1-3-4-8(2)7-13-10(14)6-5-9(12-13)11(15)16/h5-6,8H,3-4,7H2,1-2H3,(H,15,16). The number of hydrogen-bond donors (Lipinski definition) is 1. The van der Waals surface area contributed by atoms with Crippen LogP contribution in [0.1, 0.15) is 37.2 Å². The summed E-state index contributed by atoms with van der Waals surface area (Å²) in [4.78, 5) is 22.1. The molecule has 16 heavy (non-hydrogen) atoms. The largest absolute Gasteiger partial charge is 0.476 e. The highest BCUT2D eigenvalue weighted by atomic mass is 16.4. The summed E-state index contributed by atoms with van der Waals surface area (Å²) < 4.78 is 1.23. The first-order valence-electron chi connectivity index (χ1n) is 5.36. The zero-order valence-electron chi connectivity index (χ0n) is 9.51. The van der Waals surface area contributed by atoms with E-state index in [4.69, 9.17) is 5.11 Å². The zero-order valence-corrected chi connectivity index (χ0v) is 9.51. The predicted octanol–water partition coefficient (Wildman–Crippen LogP) is 1.38. The molecule has 0 saturated carbocycles. The van der Waals surface area contributed by atoms with Crippen LogP contribution in [0, 0.1) is 5.92 Å². The van der Waals surface area contributed by atoms with Gasteiger partial charge < -0.3 is 5.11 Å². The molecule has 0 aromatic carbocycles. The molecule has 88 valence electrons. The summed E-state index contributed by atoms with van der Waals surface area (Å²) in [6, 6.07) is 2.47. The molecule has 0 aliphatic heterocycles. The number of carbonyl (C=O) groups is 1. The van der Waals surface area contributed by atoms with Gasteiger partial charge in [0.05, 0.1) is 0 Å². The van der Waals surface area contributed by atoms with Crippen LogP contribution in [0.25, 0.3) is 0 Å². The summed E-state index contributed by atoms with van der Waals surface area (Å²) in [6.07, 6.45) is 2.03. The third kappa shape index (κ3) is 3.18. The highest BCUT2D eigenvalue weighted by molar-refractivity contribution is 5.84. The summed E-state index contributed by atoms with van der Waals surface area (Å²) in [5.74, 6) is -0.795. The Morgan fingerprint density at radius 2 is 2.25 bits per heavy atom. The van der Waals surface area contributed by atoms with Crippen LogP contribution in [0.4, 0.5) is 0 Å². The molecule has 1 heterocycles. The van der Waals surface area contributed by atoms with Crippen LogP contribution < -0.4 is 5.56 Å². The quantitative estimate of drug-likeness (QED) is 0.820. The average Bonchev–Trinajstić information content (AvgIpc) is 2.21. The number of nitrogens with zero attached hydrogens (tertiary/aromatic N) is 2. The Bertz CT molecular complexity index is 425. The van der Waals surface area contributed by atoms with E-state index >= 15 is 0 Å². The molecule has 0 bridgehead atoms. The van der Waals surface area contributed by atoms with Crippen molar-refractivity contribution in [3.63, 3.8) is 0 Å². The van der Waals surface area contributed by atoms with E-state index in [-0.39, 0.29) is 11.3 Å². The number of aromatic carboxylic acids is 1. The predicted molar refractivity (Wildman–Crippen MR) is 59.5 cm³/mol. The second-order valence-electron chi connectivity index (χ2n) is 3.94. The molecule has 0 radical (unpaired) electrons. The lowest BCUT2D eigenvalue weighted by Gasteiger charge is -2.11. The van der Waals surface area contributed by atoms with Gasteiger partial charge in [-0.2, -0.15) is 5.10 Å². The molecule has 1 atom stereocenters. The van der Waals surface area contributed by atoms with Crippen LogP contribution in [0.15, 0.2) is 16.9 Å². The number of aromatic nitrogens is 2. The van der Waals surface area contributed by atoms with Gasteiger partial charge >= 0.3 is 5.97 Å². The van der Waals surface area contributed by atoms with Gasteiger partial charge in [0, 0.05) is 12.6 Å². The molecule has 1 N–H and O–H groups in total. The van der Waals surface area contributed by atoms with Gasteiger partial charge in [-0.25, -0.2) is 9.48 Å². The van der Waals surface area contributed by atoms with Crippen molar-refractivity contribution in [1.29, 1.82) is 0 Å². The fraction of sp³-hybridized carbons (Fsp3) is 0.545. The molecular formula is C11H16N2O3. The van der Waals surface area contributed by atoms with Gasteiger partial charge in [0.2, 0.25) is 0 Å². The first-order chi connectivity index (χ1) is 7.54. The second kappa shape index (κ2) is 5.44. The smallest absolute Gasteiger partial charge is 0.356 e. The van der Waals surface area contributed by atoms with Crippen LogP contribution in [-0.2, 0) is 6.54 Å². The third-order valence-corrected chi connectivity index (χ3v) is 2.35. The van der Waals surface area contributed by atoms with Crippen LogP contribution in [0.3, 0.4) is 0 Å². The number of carboxylic acid groups (broad SMARTS) is 1. The molecule has 1 rings (SSSR count). The lowest BCUT2D eigenvalue weighted by Crippen LogP contribution is -2.26. The molecule has 1 aromatic rings. The fourth-order valence-corrected chi connectivity index (χ4v) is 1.57. The summed E-state index contributed by atoms with van der Waals surface area (Å²) in [6.45, 7) is 4.55. The average molecular weight is 224 g/mol. The summed E-state index contributed by atoms with van der Waals surface area (Å²) in [5, 5.41) is 12.6. The molecule has 0 aliphatic carbocycles. The molecular weight excluding hydrogens is 208 g/mol. The van der Waals surface area contributed by atoms with Crippen LogP contribution in [0.5, 0.6) is 0 Å².